The molecule has 1 aromatic carbocycles. The number of carbonyl (C=O) groups is 2. The quantitative estimate of drug-likeness (QED) is 0.162. The lowest BCUT2D eigenvalue weighted by molar-refractivity contribution is 0.0586. The van der Waals surface area contributed by atoms with E-state index in [1.807, 2.05) is 17.5 Å². The summed E-state index contributed by atoms with van der Waals surface area (Å²) < 4.78 is 5.94. The molecule has 0 atom stereocenters. The first-order valence-corrected chi connectivity index (χ1v) is 9.32. The number of furan rings is 1. The minimum atomic E-state index is -0.556. The van der Waals surface area contributed by atoms with Crippen molar-refractivity contribution in [2.45, 2.75) is 6.54 Å². The first-order valence-electron chi connectivity index (χ1n) is 7.37. The van der Waals surface area contributed by atoms with E-state index in [-0.39, 0.29) is 23.6 Å². The number of nitrogens with zero attached hydrogens (tertiary/aromatic N) is 4. The van der Waals surface area contributed by atoms with Crippen LogP contribution in [0.15, 0.2) is 63.6 Å². The van der Waals surface area contributed by atoms with Crippen LogP contribution in [-0.2, 0) is 6.54 Å². The van der Waals surface area contributed by atoms with Gasteiger partial charge in [-0.05, 0) is 63.8 Å². The second kappa shape index (κ2) is 8.17. The van der Waals surface area contributed by atoms with Crippen LogP contribution in [0.1, 0.15) is 25.8 Å². The number of rotatable bonds is 5. The molecule has 0 saturated carbocycles. The van der Waals surface area contributed by atoms with Crippen LogP contribution in [0.25, 0.3) is 10.4 Å². The summed E-state index contributed by atoms with van der Waals surface area (Å²) >= 11 is 3.49. The molecule has 0 aliphatic carbocycles. The molecule has 2 aromatic heterocycles. The van der Waals surface area contributed by atoms with E-state index < -0.39 is 11.8 Å². The predicted octanol–water partition coefficient (Wildman–Crippen LogP) is 5.37. The van der Waals surface area contributed by atoms with Crippen molar-refractivity contribution in [1.29, 1.82) is 0 Å². The van der Waals surface area contributed by atoms with Crippen molar-refractivity contribution < 1.29 is 14.0 Å². The van der Waals surface area contributed by atoms with Crippen LogP contribution in [0.5, 0.6) is 0 Å². The molecule has 0 spiro atoms. The van der Waals surface area contributed by atoms with Crippen LogP contribution in [0.2, 0.25) is 0 Å². The monoisotopic (exact) mass is 478 g/mol. The predicted molar refractivity (Wildman–Crippen MR) is 105 cm³/mol. The Hall–Kier alpha value is -2.62. The number of amides is 2. The van der Waals surface area contributed by atoms with E-state index in [0.29, 0.717) is 0 Å². The molecule has 9 heteroatoms. The van der Waals surface area contributed by atoms with Gasteiger partial charge in [-0.2, -0.15) is 0 Å². The van der Waals surface area contributed by atoms with Crippen LogP contribution in [0.4, 0.5) is 5.69 Å². The molecule has 0 bridgehead atoms. The van der Waals surface area contributed by atoms with Crippen molar-refractivity contribution in [2.75, 3.05) is 0 Å². The van der Waals surface area contributed by atoms with Crippen LogP contribution in [0.3, 0.4) is 0 Å². The number of imide groups is 1. The molecule has 0 fully saturated rings. The van der Waals surface area contributed by atoms with Gasteiger partial charge in [0.15, 0.2) is 5.76 Å². The zero-order valence-corrected chi connectivity index (χ0v) is 16.2. The van der Waals surface area contributed by atoms with Crippen molar-refractivity contribution in [1.82, 2.24) is 4.90 Å². The fourth-order valence-electron chi connectivity index (χ4n) is 2.29. The van der Waals surface area contributed by atoms with E-state index in [9.17, 15) is 9.59 Å². The number of benzene rings is 1. The van der Waals surface area contributed by atoms with Gasteiger partial charge in [0.25, 0.3) is 11.8 Å². The third kappa shape index (κ3) is 3.96. The molecule has 3 rings (SSSR count). The standard InChI is InChI=1S/C17H11IN4O3S/c18-11-5-6-14(20-21-19)13(9-11)16(23)22(10-12-3-2-8-26-12)17(24)15-4-1-7-25-15/h1-9H,10H2. The number of hydrogen-bond donors (Lipinski definition) is 0. The molecule has 0 saturated heterocycles. The highest BCUT2D eigenvalue weighted by molar-refractivity contribution is 14.1. The lowest BCUT2D eigenvalue weighted by atomic mass is 10.1. The fourth-order valence-corrected chi connectivity index (χ4v) is 3.47. The highest BCUT2D eigenvalue weighted by Crippen LogP contribution is 2.26. The molecule has 130 valence electrons. The van der Waals surface area contributed by atoms with E-state index in [4.69, 9.17) is 9.95 Å². The van der Waals surface area contributed by atoms with E-state index in [0.717, 1.165) is 13.3 Å². The molecule has 7 nitrogen and oxygen atoms in total. The van der Waals surface area contributed by atoms with E-state index in [1.54, 1.807) is 24.3 Å². The minimum absolute atomic E-state index is 0.0610. The Morgan fingerprint density at radius 1 is 1.23 bits per heavy atom. The van der Waals surface area contributed by atoms with Crippen LogP contribution in [0, 0.1) is 3.57 Å². The topological polar surface area (TPSA) is 99.3 Å². The molecular formula is C17H11IN4O3S. The van der Waals surface area contributed by atoms with Crippen molar-refractivity contribution in [3.63, 3.8) is 0 Å². The molecule has 0 aliphatic rings. The van der Waals surface area contributed by atoms with Crippen molar-refractivity contribution in [3.8, 4) is 0 Å². The summed E-state index contributed by atoms with van der Waals surface area (Å²) in [4.78, 5) is 30.6. The number of halogens is 1. The van der Waals surface area contributed by atoms with Gasteiger partial charge in [0.05, 0.1) is 24.1 Å². The molecule has 3 aromatic rings. The van der Waals surface area contributed by atoms with Gasteiger partial charge in [-0.25, -0.2) is 0 Å². The second-order valence-corrected chi connectivity index (χ2v) is 7.38. The number of hydrogen-bond acceptors (Lipinski definition) is 5. The lowest BCUT2D eigenvalue weighted by Gasteiger charge is -2.20. The Morgan fingerprint density at radius 3 is 2.73 bits per heavy atom. The molecule has 0 aliphatic heterocycles. The van der Waals surface area contributed by atoms with Crippen LogP contribution >= 0.6 is 33.9 Å². The number of carbonyl (C=O) groups excluding carboxylic acids is 2. The maximum atomic E-state index is 13.1. The van der Waals surface area contributed by atoms with Gasteiger partial charge in [0, 0.05) is 13.4 Å². The second-order valence-electron chi connectivity index (χ2n) is 5.10. The minimum Gasteiger partial charge on any atom is -0.459 e. The zero-order valence-electron chi connectivity index (χ0n) is 13.2. The van der Waals surface area contributed by atoms with E-state index >= 15 is 0 Å². The summed E-state index contributed by atoms with van der Waals surface area (Å²) in [6, 6.07) is 11.6. The van der Waals surface area contributed by atoms with Gasteiger partial charge in [-0.1, -0.05) is 17.2 Å². The molecule has 26 heavy (non-hydrogen) atoms. The van der Waals surface area contributed by atoms with Gasteiger partial charge in [-0.15, -0.1) is 11.3 Å². The molecular weight excluding hydrogens is 467 g/mol. The van der Waals surface area contributed by atoms with Crippen molar-refractivity contribution >= 4 is 51.4 Å². The van der Waals surface area contributed by atoms with Crippen molar-refractivity contribution in [2.24, 2.45) is 5.11 Å². The third-order valence-corrected chi connectivity index (χ3v) is 4.99. The van der Waals surface area contributed by atoms with E-state index in [2.05, 4.69) is 32.6 Å². The zero-order chi connectivity index (χ0) is 18.5. The summed E-state index contributed by atoms with van der Waals surface area (Å²) in [6.45, 7) is 0.0945. The van der Waals surface area contributed by atoms with Gasteiger partial charge < -0.3 is 4.42 Å². The first-order chi connectivity index (χ1) is 12.6. The third-order valence-electron chi connectivity index (χ3n) is 3.46. The highest BCUT2D eigenvalue weighted by atomic mass is 127. The summed E-state index contributed by atoms with van der Waals surface area (Å²) in [5.74, 6) is -1.05. The smallest absolute Gasteiger partial charge is 0.296 e. The molecule has 0 radical (unpaired) electrons. The molecule has 2 heterocycles. The Kier molecular flexibility index (Phi) is 5.71. The molecule has 0 N–H and O–H groups in total. The Labute approximate surface area is 166 Å². The van der Waals surface area contributed by atoms with Gasteiger partial charge in [-0.3, -0.25) is 14.5 Å². The molecule has 2 amide bonds. The summed E-state index contributed by atoms with van der Waals surface area (Å²) in [5.41, 5.74) is 9.08. The summed E-state index contributed by atoms with van der Waals surface area (Å²) in [5, 5.41) is 5.44. The van der Waals surface area contributed by atoms with Crippen LogP contribution < -0.4 is 0 Å². The SMILES string of the molecule is [N-]=[N+]=Nc1ccc(I)cc1C(=O)N(Cc1cccs1)C(=O)c1ccco1. The number of azide groups is 1. The lowest BCUT2D eigenvalue weighted by Crippen LogP contribution is -2.36. The Bertz CT molecular complexity index is 980. The number of thiophene rings is 1. The summed E-state index contributed by atoms with van der Waals surface area (Å²) in [7, 11) is 0. The Morgan fingerprint density at radius 2 is 2.08 bits per heavy atom. The largest absolute Gasteiger partial charge is 0.459 e. The van der Waals surface area contributed by atoms with Crippen molar-refractivity contribution in [3.05, 3.63) is 84.3 Å². The van der Waals surface area contributed by atoms with Gasteiger partial charge in [0.1, 0.15) is 0 Å². The normalized spacial score (nSPS) is 10.2. The first kappa shape index (κ1) is 18.2. The van der Waals surface area contributed by atoms with Gasteiger partial charge in [0.2, 0.25) is 0 Å². The Balaban J connectivity index is 2.04. The average molecular weight is 478 g/mol. The summed E-state index contributed by atoms with van der Waals surface area (Å²) in [6.07, 6.45) is 1.37. The fraction of sp³-hybridized carbons (Fsp3) is 0.0588. The van der Waals surface area contributed by atoms with Crippen LogP contribution in [-0.4, -0.2) is 16.7 Å². The molecule has 0 unspecified atom stereocenters. The average Bonchev–Trinajstić information content (AvgIpc) is 3.34. The van der Waals surface area contributed by atoms with E-state index in [1.165, 1.54) is 23.7 Å². The maximum absolute atomic E-state index is 13.1. The maximum Gasteiger partial charge on any atom is 0.296 e. The highest BCUT2D eigenvalue weighted by Gasteiger charge is 2.28. The van der Waals surface area contributed by atoms with Gasteiger partial charge >= 0.3 is 0 Å².